The molecule has 1 aromatic heterocycles. The average molecular weight is 288 g/mol. The molecule has 0 spiro atoms. The van der Waals surface area contributed by atoms with E-state index in [1.807, 2.05) is 0 Å². The lowest BCUT2D eigenvalue weighted by molar-refractivity contribution is -0.386. The number of aryl methyl sites for hydroxylation is 2. The minimum Gasteiger partial charge on any atom is -0.478 e. The molecule has 1 heterocycles. The second kappa shape index (κ2) is 5.58. The minimum absolute atomic E-state index is 0.0327. The highest BCUT2D eigenvalue weighted by molar-refractivity contribution is 5.88. The molecule has 0 aliphatic rings. The molecule has 1 aromatic carbocycles. The second-order valence-corrected chi connectivity index (χ2v) is 4.48. The molecule has 1 N–H and O–H groups in total. The Morgan fingerprint density at radius 1 is 1.33 bits per heavy atom. The van der Waals surface area contributed by atoms with Crippen LogP contribution < -0.4 is 4.74 Å². The molecule has 0 aliphatic heterocycles. The fraction of sp³-hybridized carbons (Fsp3) is 0.143. The number of carboxylic acid groups (broad SMARTS) is 1. The van der Waals surface area contributed by atoms with Gasteiger partial charge in [0.15, 0.2) is 0 Å². The Bertz CT molecular complexity index is 727. The Labute approximate surface area is 120 Å². The molecule has 7 heteroatoms. The monoisotopic (exact) mass is 288 g/mol. The van der Waals surface area contributed by atoms with Crippen LogP contribution in [-0.4, -0.2) is 21.0 Å². The fourth-order valence-electron chi connectivity index (χ4n) is 1.70. The summed E-state index contributed by atoms with van der Waals surface area (Å²) in [6.07, 6.45) is 1.44. The zero-order chi connectivity index (χ0) is 15.6. The third kappa shape index (κ3) is 3.14. The van der Waals surface area contributed by atoms with Gasteiger partial charge in [0, 0.05) is 12.3 Å². The van der Waals surface area contributed by atoms with E-state index >= 15 is 0 Å². The highest BCUT2D eigenvalue weighted by Gasteiger charge is 2.19. The van der Waals surface area contributed by atoms with Crippen LogP contribution in [0.4, 0.5) is 5.69 Å². The lowest BCUT2D eigenvalue weighted by Crippen LogP contribution is -2.00. The van der Waals surface area contributed by atoms with E-state index < -0.39 is 10.9 Å². The second-order valence-electron chi connectivity index (χ2n) is 4.48. The molecule has 0 saturated heterocycles. The summed E-state index contributed by atoms with van der Waals surface area (Å²) in [6.45, 7) is 3.39. The summed E-state index contributed by atoms with van der Waals surface area (Å²) in [5, 5.41) is 20.0. The first-order valence-electron chi connectivity index (χ1n) is 6.01. The molecular formula is C14H12N2O5. The summed E-state index contributed by atoms with van der Waals surface area (Å²) in [6, 6.07) is 5.65. The maximum atomic E-state index is 11.0. The molecule has 0 radical (unpaired) electrons. The van der Waals surface area contributed by atoms with Crippen LogP contribution in [0.1, 0.15) is 21.5 Å². The quantitative estimate of drug-likeness (QED) is 0.685. The number of pyridine rings is 1. The predicted octanol–water partition coefficient (Wildman–Crippen LogP) is 3.10. The number of aromatic carboxylic acids is 1. The summed E-state index contributed by atoms with van der Waals surface area (Å²) in [7, 11) is 0. The van der Waals surface area contributed by atoms with E-state index in [4.69, 9.17) is 9.84 Å². The van der Waals surface area contributed by atoms with E-state index in [9.17, 15) is 14.9 Å². The number of hydrogen-bond donors (Lipinski definition) is 1. The molecular weight excluding hydrogens is 276 g/mol. The van der Waals surface area contributed by atoms with Crippen molar-refractivity contribution in [2.45, 2.75) is 13.8 Å². The molecule has 108 valence electrons. The van der Waals surface area contributed by atoms with Gasteiger partial charge in [-0.25, -0.2) is 9.78 Å². The van der Waals surface area contributed by atoms with Crippen molar-refractivity contribution in [3.8, 4) is 11.6 Å². The van der Waals surface area contributed by atoms with Crippen molar-refractivity contribution < 1.29 is 19.6 Å². The van der Waals surface area contributed by atoms with Gasteiger partial charge < -0.3 is 9.84 Å². The van der Waals surface area contributed by atoms with Crippen LogP contribution in [0.15, 0.2) is 30.5 Å². The van der Waals surface area contributed by atoms with Crippen LogP contribution in [0.25, 0.3) is 0 Å². The number of nitro groups is 1. The van der Waals surface area contributed by atoms with Crippen molar-refractivity contribution in [1.82, 2.24) is 4.98 Å². The number of ether oxygens (including phenoxy) is 1. The Kier molecular flexibility index (Phi) is 3.84. The number of hydrogen-bond acceptors (Lipinski definition) is 5. The van der Waals surface area contributed by atoms with E-state index in [2.05, 4.69) is 4.98 Å². The molecule has 0 bridgehead atoms. The van der Waals surface area contributed by atoms with Gasteiger partial charge in [0.25, 0.3) is 5.88 Å². The number of aromatic nitrogens is 1. The average Bonchev–Trinajstić information content (AvgIpc) is 2.42. The van der Waals surface area contributed by atoms with Crippen LogP contribution in [0.3, 0.4) is 0 Å². The number of carboxylic acids is 1. The molecule has 2 aromatic rings. The third-order valence-electron chi connectivity index (χ3n) is 2.81. The molecule has 0 saturated carbocycles. The van der Waals surface area contributed by atoms with E-state index in [1.165, 1.54) is 24.4 Å². The first-order chi connectivity index (χ1) is 9.88. The van der Waals surface area contributed by atoms with Crippen LogP contribution >= 0.6 is 0 Å². The smallest absolute Gasteiger partial charge is 0.335 e. The Hall–Kier alpha value is -2.96. The van der Waals surface area contributed by atoms with Crippen molar-refractivity contribution in [2.75, 3.05) is 0 Å². The lowest BCUT2D eigenvalue weighted by Gasteiger charge is -2.09. The van der Waals surface area contributed by atoms with Crippen molar-refractivity contribution in [2.24, 2.45) is 0 Å². The predicted molar refractivity (Wildman–Crippen MR) is 73.8 cm³/mol. The van der Waals surface area contributed by atoms with Gasteiger partial charge in [0.1, 0.15) is 5.75 Å². The van der Waals surface area contributed by atoms with Crippen molar-refractivity contribution in [1.29, 1.82) is 0 Å². The first-order valence-corrected chi connectivity index (χ1v) is 6.01. The van der Waals surface area contributed by atoms with E-state index in [0.29, 0.717) is 11.1 Å². The largest absolute Gasteiger partial charge is 0.478 e. The summed E-state index contributed by atoms with van der Waals surface area (Å²) in [5.74, 6) is -1.06. The molecule has 0 atom stereocenters. The number of benzene rings is 1. The summed E-state index contributed by atoms with van der Waals surface area (Å²) in [4.78, 5) is 25.3. The Morgan fingerprint density at radius 2 is 2.05 bits per heavy atom. The molecule has 2 rings (SSSR count). The van der Waals surface area contributed by atoms with Gasteiger partial charge in [-0.15, -0.1) is 0 Å². The SMILES string of the molecule is Cc1cnc(Oc2cc(C(=O)O)ccc2C)c([N+](=O)[O-])c1. The highest BCUT2D eigenvalue weighted by Crippen LogP contribution is 2.31. The lowest BCUT2D eigenvalue weighted by atomic mass is 10.1. The molecule has 0 aliphatic carbocycles. The first kappa shape index (κ1) is 14.4. The molecule has 0 amide bonds. The molecule has 0 unspecified atom stereocenters. The number of carbonyl (C=O) groups is 1. The molecule has 0 fully saturated rings. The molecule has 21 heavy (non-hydrogen) atoms. The van der Waals surface area contributed by atoms with E-state index in [-0.39, 0.29) is 22.9 Å². The summed E-state index contributed by atoms with van der Waals surface area (Å²) >= 11 is 0. The van der Waals surface area contributed by atoms with Gasteiger partial charge in [-0.1, -0.05) is 6.07 Å². The third-order valence-corrected chi connectivity index (χ3v) is 2.81. The topological polar surface area (TPSA) is 103 Å². The number of nitrogens with zero attached hydrogens (tertiary/aromatic N) is 2. The summed E-state index contributed by atoms with van der Waals surface area (Å²) < 4.78 is 5.43. The highest BCUT2D eigenvalue weighted by atomic mass is 16.6. The van der Waals surface area contributed by atoms with Gasteiger partial charge in [-0.3, -0.25) is 10.1 Å². The van der Waals surface area contributed by atoms with Gasteiger partial charge in [0.05, 0.1) is 10.5 Å². The zero-order valence-electron chi connectivity index (χ0n) is 11.4. The van der Waals surface area contributed by atoms with Gasteiger partial charge in [0.2, 0.25) is 0 Å². The zero-order valence-corrected chi connectivity index (χ0v) is 11.4. The number of rotatable bonds is 4. The maximum Gasteiger partial charge on any atom is 0.335 e. The van der Waals surface area contributed by atoms with Crippen LogP contribution in [-0.2, 0) is 0 Å². The fourth-order valence-corrected chi connectivity index (χ4v) is 1.70. The van der Waals surface area contributed by atoms with Crippen molar-refractivity contribution in [3.05, 3.63) is 57.3 Å². The van der Waals surface area contributed by atoms with Crippen LogP contribution in [0.5, 0.6) is 11.6 Å². The van der Waals surface area contributed by atoms with Gasteiger partial charge in [-0.05, 0) is 37.1 Å². The summed E-state index contributed by atoms with van der Waals surface area (Å²) in [5.41, 5.74) is 1.04. The standard InChI is InChI=1S/C14H12N2O5/c1-8-5-11(16(19)20)13(15-7-8)21-12-6-10(14(17)18)4-3-9(12)2/h3-7H,1-2H3,(H,17,18). The van der Waals surface area contributed by atoms with Gasteiger partial charge in [-0.2, -0.15) is 0 Å². The Balaban J connectivity index is 2.45. The molecule has 7 nitrogen and oxygen atoms in total. The van der Waals surface area contributed by atoms with Crippen LogP contribution in [0, 0.1) is 24.0 Å². The van der Waals surface area contributed by atoms with Crippen LogP contribution in [0.2, 0.25) is 0 Å². The van der Waals surface area contributed by atoms with E-state index in [0.717, 1.165) is 0 Å². The minimum atomic E-state index is -1.11. The van der Waals surface area contributed by atoms with Crippen molar-refractivity contribution >= 4 is 11.7 Å². The normalized spacial score (nSPS) is 10.2. The van der Waals surface area contributed by atoms with E-state index in [1.54, 1.807) is 19.9 Å². The Morgan fingerprint density at radius 3 is 2.67 bits per heavy atom. The maximum absolute atomic E-state index is 11.0. The van der Waals surface area contributed by atoms with Crippen molar-refractivity contribution in [3.63, 3.8) is 0 Å². The van der Waals surface area contributed by atoms with Gasteiger partial charge >= 0.3 is 11.7 Å².